The average molecular weight is 310 g/mol. The van der Waals surface area contributed by atoms with Crippen LogP contribution in [0.15, 0.2) is 48.8 Å². The van der Waals surface area contributed by atoms with E-state index in [4.69, 9.17) is 9.47 Å². The molecule has 0 unspecified atom stereocenters. The zero-order valence-electron chi connectivity index (χ0n) is 11.7. The van der Waals surface area contributed by atoms with Gasteiger partial charge in [-0.3, -0.25) is 0 Å². The molecule has 7 heteroatoms. The van der Waals surface area contributed by atoms with Crippen molar-refractivity contribution >= 4 is 11.7 Å². The maximum Gasteiger partial charge on any atom is 0.372 e. The van der Waals surface area contributed by atoms with Crippen LogP contribution in [0.3, 0.4) is 0 Å². The van der Waals surface area contributed by atoms with Crippen LogP contribution >= 0.6 is 0 Å². The Kier molecular flexibility index (Phi) is 6.29. The van der Waals surface area contributed by atoms with Crippen molar-refractivity contribution in [2.24, 2.45) is 0 Å². The molecule has 2 aromatic rings. The molecule has 2 N–H and O–H groups in total. The molecule has 1 heterocycles. The normalized spacial score (nSPS) is 9.24. The SMILES string of the molecule is COc1ccc(OC)c(NC(=O)N[n+]2ccccc2)c1.[Cl-]. The third kappa shape index (κ3) is 4.54. The van der Waals surface area contributed by atoms with Crippen LogP contribution in [0.2, 0.25) is 0 Å². The van der Waals surface area contributed by atoms with Crippen LogP contribution in [0.25, 0.3) is 0 Å². The number of carbonyl (C=O) groups excluding carboxylic acids is 1. The second kappa shape index (κ2) is 7.96. The number of aromatic nitrogens is 1. The van der Waals surface area contributed by atoms with Gasteiger partial charge in [0.05, 0.1) is 19.9 Å². The molecule has 0 saturated carbocycles. The predicted molar refractivity (Wildman–Crippen MR) is 74.6 cm³/mol. The third-order valence-corrected chi connectivity index (χ3v) is 2.60. The van der Waals surface area contributed by atoms with Gasteiger partial charge in [0, 0.05) is 18.2 Å². The molecule has 2 rings (SSSR count). The molecule has 112 valence electrons. The number of halogens is 1. The number of nitrogens with one attached hydrogen (secondary N) is 2. The Morgan fingerprint density at radius 3 is 2.43 bits per heavy atom. The fourth-order valence-corrected chi connectivity index (χ4v) is 1.65. The Bertz CT molecular complexity index is 593. The third-order valence-electron chi connectivity index (χ3n) is 2.60. The predicted octanol–water partition coefficient (Wildman–Crippen LogP) is -1.23. The summed E-state index contributed by atoms with van der Waals surface area (Å²) >= 11 is 0. The van der Waals surface area contributed by atoms with Gasteiger partial charge in [-0.15, -0.1) is 5.43 Å². The van der Waals surface area contributed by atoms with Crippen LogP contribution in [0.4, 0.5) is 10.5 Å². The maximum absolute atomic E-state index is 11.9. The van der Waals surface area contributed by atoms with Crippen molar-refractivity contribution < 1.29 is 31.4 Å². The number of amides is 2. The number of hydrogen-bond donors (Lipinski definition) is 2. The van der Waals surface area contributed by atoms with Gasteiger partial charge in [0.15, 0.2) is 12.4 Å². The number of methoxy groups -OCH3 is 2. The molecule has 0 radical (unpaired) electrons. The molecule has 0 spiro atoms. The van der Waals surface area contributed by atoms with Crippen LogP contribution in [0.5, 0.6) is 11.5 Å². The van der Waals surface area contributed by atoms with E-state index in [-0.39, 0.29) is 18.4 Å². The molecule has 0 saturated heterocycles. The smallest absolute Gasteiger partial charge is 0.372 e. The molecule has 6 nitrogen and oxygen atoms in total. The van der Waals surface area contributed by atoms with E-state index in [0.29, 0.717) is 17.2 Å². The summed E-state index contributed by atoms with van der Waals surface area (Å²) in [5, 5.41) is 2.71. The van der Waals surface area contributed by atoms with Gasteiger partial charge < -0.3 is 27.2 Å². The quantitative estimate of drug-likeness (QED) is 0.695. The lowest BCUT2D eigenvalue weighted by molar-refractivity contribution is -0.641. The van der Waals surface area contributed by atoms with Crippen molar-refractivity contribution in [3.05, 3.63) is 48.8 Å². The van der Waals surface area contributed by atoms with E-state index >= 15 is 0 Å². The first-order valence-electron chi connectivity index (χ1n) is 5.99. The molecule has 0 aliphatic carbocycles. The van der Waals surface area contributed by atoms with E-state index in [9.17, 15) is 4.79 Å². The first-order chi connectivity index (χ1) is 9.72. The number of hydrogen-bond acceptors (Lipinski definition) is 3. The van der Waals surface area contributed by atoms with Gasteiger partial charge in [-0.25, -0.2) is 4.79 Å². The Labute approximate surface area is 129 Å². The van der Waals surface area contributed by atoms with Gasteiger partial charge in [-0.05, 0) is 12.1 Å². The topological polar surface area (TPSA) is 63.5 Å². The lowest BCUT2D eigenvalue weighted by atomic mass is 10.2. The monoisotopic (exact) mass is 309 g/mol. The van der Waals surface area contributed by atoms with Crippen LogP contribution in [0, 0.1) is 0 Å². The molecule has 0 bridgehead atoms. The second-order valence-corrected chi connectivity index (χ2v) is 3.91. The van der Waals surface area contributed by atoms with Crippen LogP contribution < -0.4 is 37.3 Å². The number of nitrogens with zero attached hydrogens (tertiary/aromatic N) is 1. The van der Waals surface area contributed by atoms with Crippen molar-refractivity contribution in [1.29, 1.82) is 0 Å². The molecular weight excluding hydrogens is 294 g/mol. The minimum absolute atomic E-state index is 0. The molecule has 21 heavy (non-hydrogen) atoms. The summed E-state index contributed by atoms with van der Waals surface area (Å²) in [4.78, 5) is 11.9. The largest absolute Gasteiger partial charge is 1.00 e. The standard InChI is InChI=1S/C14H15N3O3.ClH/c1-19-11-6-7-13(20-2)12(10-11)15-14(18)16-17-8-4-3-5-9-17;/h3-10H,1-2H3,(H-,15,16,18);1H. The molecule has 0 atom stereocenters. The number of anilines is 1. The summed E-state index contributed by atoms with van der Waals surface area (Å²) in [6.07, 6.45) is 3.45. The summed E-state index contributed by atoms with van der Waals surface area (Å²) in [6, 6.07) is 10.3. The highest BCUT2D eigenvalue weighted by Crippen LogP contribution is 2.28. The number of carbonyl (C=O) groups is 1. The summed E-state index contributed by atoms with van der Waals surface area (Å²) in [5.41, 5.74) is 3.18. The van der Waals surface area contributed by atoms with Gasteiger partial charge in [0.25, 0.3) is 0 Å². The molecule has 1 aromatic heterocycles. The fourth-order valence-electron chi connectivity index (χ4n) is 1.65. The zero-order chi connectivity index (χ0) is 14.4. The van der Waals surface area contributed by atoms with Crippen molar-refractivity contribution in [3.63, 3.8) is 0 Å². The summed E-state index contributed by atoms with van der Waals surface area (Å²) in [6.45, 7) is 0. The lowest BCUT2D eigenvalue weighted by Gasteiger charge is -2.10. The Hall–Kier alpha value is -2.47. The lowest BCUT2D eigenvalue weighted by Crippen LogP contribution is -3.00. The van der Waals surface area contributed by atoms with E-state index in [1.807, 2.05) is 18.2 Å². The Balaban J connectivity index is 0.00000220. The number of rotatable bonds is 4. The van der Waals surface area contributed by atoms with Crippen molar-refractivity contribution in [2.75, 3.05) is 25.0 Å². The highest BCUT2D eigenvalue weighted by atomic mass is 35.5. The number of benzene rings is 1. The van der Waals surface area contributed by atoms with E-state index in [1.54, 1.807) is 42.4 Å². The van der Waals surface area contributed by atoms with Gasteiger partial charge >= 0.3 is 6.03 Å². The minimum atomic E-state index is -0.382. The summed E-state index contributed by atoms with van der Waals surface area (Å²) < 4.78 is 11.9. The van der Waals surface area contributed by atoms with E-state index in [2.05, 4.69) is 10.7 Å². The van der Waals surface area contributed by atoms with Crippen molar-refractivity contribution in [3.8, 4) is 11.5 Å². The first kappa shape index (κ1) is 16.6. The maximum atomic E-state index is 11.9. The fraction of sp³-hybridized carbons (Fsp3) is 0.143. The van der Waals surface area contributed by atoms with Crippen molar-refractivity contribution in [2.45, 2.75) is 0 Å². The van der Waals surface area contributed by atoms with Gasteiger partial charge in [0.2, 0.25) is 0 Å². The Morgan fingerprint density at radius 1 is 1.10 bits per heavy atom. The molecule has 0 aliphatic heterocycles. The zero-order valence-corrected chi connectivity index (χ0v) is 12.4. The van der Waals surface area contributed by atoms with E-state index in [1.165, 1.54) is 7.11 Å². The molecule has 2 amide bonds. The highest BCUT2D eigenvalue weighted by molar-refractivity contribution is 5.95. The van der Waals surface area contributed by atoms with Gasteiger partial charge in [-0.2, -0.15) is 0 Å². The highest BCUT2D eigenvalue weighted by Gasteiger charge is 2.11. The van der Waals surface area contributed by atoms with Crippen LogP contribution in [0.1, 0.15) is 0 Å². The van der Waals surface area contributed by atoms with Crippen LogP contribution in [-0.2, 0) is 0 Å². The molecule has 0 aliphatic rings. The Morgan fingerprint density at radius 2 is 1.81 bits per heavy atom. The molecular formula is C14H16ClN3O3. The number of pyridine rings is 1. The number of urea groups is 1. The minimum Gasteiger partial charge on any atom is -1.00 e. The van der Waals surface area contributed by atoms with Gasteiger partial charge in [0.1, 0.15) is 11.5 Å². The molecule has 0 fully saturated rings. The summed E-state index contributed by atoms with van der Waals surface area (Å²) in [5.74, 6) is 1.19. The van der Waals surface area contributed by atoms with E-state index < -0.39 is 0 Å². The van der Waals surface area contributed by atoms with Crippen molar-refractivity contribution in [1.82, 2.24) is 0 Å². The molecule has 1 aromatic carbocycles. The second-order valence-electron chi connectivity index (χ2n) is 3.91. The van der Waals surface area contributed by atoms with Crippen LogP contribution in [-0.4, -0.2) is 20.3 Å². The van der Waals surface area contributed by atoms with E-state index in [0.717, 1.165) is 0 Å². The average Bonchev–Trinajstić information content (AvgIpc) is 2.48. The first-order valence-corrected chi connectivity index (χ1v) is 5.99. The number of ether oxygens (including phenoxy) is 2. The summed E-state index contributed by atoms with van der Waals surface area (Å²) in [7, 11) is 3.10. The van der Waals surface area contributed by atoms with Gasteiger partial charge in [-0.1, -0.05) is 10.7 Å².